The van der Waals surface area contributed by atoms with Crippen LogP contribution in [-0.2, 0) is 10.2 Å². The molecule has 1 saturated heterocycles. The molecule has 1 amide bonds. The number of hydrogen-bond acceptors (Lipinski definition) is 2. The number of halogens is 1. The maximum Gasteiger partial charge on any atom is 0.220 e. The number of carbonyl (C=O) groups excluding carboxylic acids is 1. The number of amides is 1. The number of rotatable bonds is 4. The summed E-state index contributed by atoms with van der Waals surface area (Å²) in [6, 6.07) is 8.71. The second kappa shape index (κ2) is 5.74. The zero-order valence-corrected chi connectivity index (χ0v) is 12.4. The fourth-order valence-electron chi connectivity index (χ4n) is 2.99. The van der Waals surface area contributed by atoms with E-state index < -0.39 is 0 Å². The minimum atomic E-state index is 0.188. The molecular formula is C16H21ClN2O. The summed E-state index contributed by atoms with van der Waals surface area (Å²) in [4.78, 5) is 11.3. The van der Waals surface area contributed by atoms with Gasteiger partial charge in [-0.1, -0.05) is 23.7 Å². The number of carbonyl (C=O) groups is 1. The highest BCUT2D eigenvalue weighted by atomic mass is 35.5. The first-order valence-electron chi connectivity index (χ1n) is 7.44. The van der Waals surface area contributed by atoms with Crippen LogP contribution in [0.25, 0.3) is 0 Å². The number of nitrogens with one attached hydrogen (secondary N) is 2. The Morgan fingerprint density at radius 2 is 2.00 bits per heavy atom. The van der Waals surface area contributed by atoms with Crippen molar-refractivity contribution >= 4 is 17.5 Å². The Morgan fingerprint density at radius 3 is 2.70 bits per heavy atom. The van der Waals surface area contributed by atoms with Crippen LogP contribution in [-0.4, -0.2) is 25.0 Å². The van der Waals surface area contributed by atoms with Gasteiger partial charge in [0.1, 0.15) is 0 Å². The first-order valence-corrected chi connectivity index (χ1v) is 7.82. The maximum absolute atomic E-state index is 11.3. The summed E-state index contributed by atoms with van der Waals surface area (Å²) in [5.74, 6) is 0.188. The van der Waals surface area contributed by atoms with Gasteiger partial charge in [0.2, 0.25) is 5.91 Å². The predicted octanol–water partition coefficient (Wildman–Crippen LogP) is 2.63. The van der Waals surface area contributed by atoms with Crippen molar-refractivity contribution in [3.05, 3.63) is 34.9 Å². The normalized spacial score (nSPS) is 24.9. The van der Waals surface area contributed by atoms with E-state index in [1.807, 2.05) is 12.1 Å². The van der Waals surface area contributed by atoms with Crippen LogP contribution in [0.3, 0.4) is 0 Å². The van der Waals surface area contributed by atoms with Crippen molar-refractivity contribution in [1.82, 2.24) is 10.6 Å². The van der Waals surface area contributed by atoms with Crippen LogP contribution in [0.1, 0.15) is 37.7 Å². The molecule has 2 fully saturated rings. The third kappa shape index (κ3) is 3.15. The summed E-state index contributed by atoms with van der Waals surface area (Å²) in [7, 11) is 0. The van der Waals surface area contributed by atoms with E-state index in [2.05, 4.69) is 22.8 Å². The first kappa shape index (κ1) is 13.9. The Bertz CT molecular complexity index is 482. The predicted molar refractivity (Wildman–Crippen MR) is 81.0 cm³/mol. The van der Waals surface area contributed by atoms with E-state index in [-0.39, 0.29) is 5.91 Å². The van der Waals surface area contributed by atoms with Crippen molar-refractivity contribution in [2.24, 2.45) is 0 Å². The molecule has 0 bridgehead atoms. The van der Waals surface area contributed by atoms with Crippen LogP contribution in [0.4, 0.5) is 0 Å². The highest BCUT2D eigenvalue weighted by Gasteiger charge is 2.44. The molecule has 1 aromatic rings. The van der Waals surface area contributed by atoms with Gasteiger partial charge in [-0.3, -0.25) is 4.79 Å². The molecule has 1 saturated carbocycles. The molecule has 20 heavy (non-hydrogen) atoms. The van der Waals surface area contributed by atoms with Crippen molar-refractivity contribution in [2.45, 2.75) is 43.6 Å². The van der Waals surface area contributed by atoms with Gasteiger partial charge in [0, 0.05) is 36.0 Å². The zero-order valence-electron chi connectivity index (χ0n) is 11.6. The van der Waals surface area contributed by atoms with E-state index in [9.17, 15) is 4.79 Å². The standard InChI is InChI=1S/C16H21ClN2O/c17-13-3-1-12(2-4-13)16(8-9-16)11-19-14-5-6-15(20)18-10-7-14/h1-4,14,19H,5-11H2,(H,18,20). The van der Waals surface area contributed by atoms with Gasteiger partial charge in [0.15, 0.2) is 0 Å². The van der Waals surface area contributed by atoms with Gasteiger partial charge in [-0.25, -0.2) is 0 Å². The quantitative estimate of drug-likeness (QED) is 0.896. The summed E-state index contributed by atoms with van der Waals surface area (Å²) >= 11 is 5.96. The van der Waals surface area contributed by atoms with Gasteiger partial charge < -0.3 is 10.6 Å². The first-order chi connectivity index (χ1) is 9.68. The van der Waals surface area contributed by atoms with Gasteiger partial charge in [-0.2, -0.15) is 0 Å². The van der Waals surface area contributed by atoms with Crippen molar-refractivity contribution in [3.8, 4) is 0 Å². The van der Waals surface area contributed by atoms with Gasteiger partial charge in [-0.05, 0) is 43.4 Å². The fourth-order valence-corrected chi connectivity index (χ4v) is 3.12. The average molecular weight is 293 g/mol. The van der Waals surface area contributed by atoms with Gasteiger partial charge >= 0.3 is 0 Å². The SMILES string of the molecule is O=C1CCC(NCC2(c3ccc(Cl)cc3)CC2)CCN1. The Morgan fingerprint density at radius 1 is 1.25 bits per heavy atom. The van der Waals surface area contributed by atoms with Gasteiger partial charge in [0.05, 0.1) is 0 Å². The molecule has 1 aliphatic heterocycles. The third-order valence-electron chi connectivity index (χ3n) is 4.57. The molecule has 0 spiro atoms. The Hall–Kier alpha value is -1.06. The number of hydrogen-bond donors (Lipinski definition) is 2. The highest BCUT2D eigenvalue weighted by Crippen LogP contribution is 2.47. The molecule has 1 aliphatic carbocycles. The minimum Gasteiger partial charge on any atom is -0.356 e. The van der Waals surface area contributed by atoms with E-state index in [4.69, 9.17) is 11.6 Å². The lowest BCUT2D eigenvalue weighted by molar-refractivity contribution is -0.120. The summed E-state index contributed by atoms with van der Waals surface area (Å²) in [6.45, 7) is 1.80. The van der Waals surface area contributed by atoms with Crippen LogP contribution >= 0.6 is 11.6 Å². The minimum absolute atomic E-state index is 0.188. The highest BCUT2D eigenvalue weighted by molar-refractivity contribution is 6.30. The largest absolute Gasteiger partial charge is 0.356 e. The molecule has 1 atom stereocenters. The van der Waals surface area contributed by atoms with Crippen molar-refractivity contribution in [2.75, 3.05) is 13.1 Å². The molecular weight excluding hydrogens is 272 g/mol. The summed E-state index contributed by atoms with van der Waals surface area (Å²) in [6.07, 6.45) is 5.10. The topological polar surface area (TPSA) is 41.1 Å². The van der Waals surface area contributed by atoms with E-state index in [1.54, 1.807) is 0 Å². The lowest BCUT2D eigenvalue weighted by atomic mass is 9.95. The second-order valence-corrected chi connectivity index (χ2v) is 6.48. The van der Waals surface area contributed by atoms with Crippen LogP contribution in [0.15, 0.2) is 24.3 Å². The van der Waals surface area contributed by atoms with Crippen molar-refractivity contribution in [1.29, 1.82) is 0 Å². The average Bonchev–Trinajstić information content (AvgIpc) is 3.24. The van der Waals surface area contributed by atoms with E-state index >= 15 is 0 Å². The van der Waals surface area contributed by atoms with E-state index in [0.717, 1.165) is 31.0 Å². The smallest absolute Gasteiger partial charge is 0.220 e. The molecule has 1 heterocycles. The zero-order chi connectivity index (χ0) is 14.0. The molecule has 4 heteroatoms. The lowest BCUT2D eigenvalue weighted by Gasteiger charge is -2.22. The fraction of sp³-hybridized carbons (Fsp3) is 0.562. The summed E-state index contributed by atoms with van der Waals surface area (Å²) in [5, 5.41) is 7.40. The molecule has 3 nitrogen and oxygen atoms in total. The molecule has 1 aromatic carbocycles. The summed E-state index contributed by atoms with van der Waals surface area (Å²) < 4.78 is 0. The van der Waals surface area contributed by atoms with Crippen molar-refractivity contribution < 1.29 is 4.79 Å². The monoisotopic (exact) mass is 292 g/mol. The van der Waals surface area contributed by atoms with Crippen LogP contribution < -0.4 is 10.6 Å². The second-order valence-electron chi connectivity index (χ2n) is 6.04. The van der Waals surface area contributed by atoms with Crippen LogP contribution in [0.2, 0.25) is 5.02 Å². The third-order valence-corrected chi connectivity index (χ3v) is 4.83. The Labute approximate surface area is 125 Å². The maximum atomic E-state index is 11.3. The lowest BCUT2D eigenvalue weighted by Crippen LogP contribution is -2.36. The van der Waals surface area contributed by atoms with E-state index in [1.165, 1.54) is 18.4 Å². The Kier molecular flexibility index (Phi) is 3.99. The molecule has 2 N–H and O–H groups in total. The molecule has 3 rings (SSSR count). The van der Waals surface area contributed by atoms with Gasteiger partial charge in [0.25, 0.3) is 0 Å². The summed E-state index contributed by atoms with van der Waals surface area (Å²) in [5.41, 5.74) is 1.69. The van der Waals surface area contributed by atoms with Gasteiger partial charge in [-0.15, -0.1) is 0 Å². The molecule has 0 radical (unpaired) electrons. The van der Waals surface area contributed by atoms with E-state index in [0.29, 0.717) is 17.9 Å². The molecule has 0 aromatic heterocycles. The van der Waals surface area contributed by atoms with Crippen molar-refractivity contribution in [3.63, 3.8) is 0 Å². The van der Waals surface area contributed by atoms with Crippen LogP contribution in [0.5, 0.6) is 0 Å². The van der Waals surface area contributed by atoms with Crippen LogP contribution in [0, 0.1) is 0 Å². The number of benzene rings is 1. The molecule has 108 valence electrons. The Balaban J connectivity index is 1.57. The molecule has 2 aliphatic rings. The molecule has 1 unspecified atom stereocenters.